The molecule has 1 amide bonds. The number of guanidine groups is 1. The summed E-state index contributed by atoms with van der Waals surface area (Å²) in [5, 5.41) is 3.23. The van der Waals surface area contributed by atoms with Crippen LogP contribution in [0.4, 0.5) is 4.39 Å². The average molecular weight is 500 g/mol. The van der Waals surface area contributed by atoms with Gasteiger partial charge < -0.3 is 20.7 Å². The van der Waals surface area contributed by atoms with Gasteiger partial charge in [0, 0.05) is 20.1 Å². The number of nitrogens with one attached hydrogen (secondary N) is 1. The van der Waals surface area contributed by atoms with E-state index >= 15 is 0 Å². The minimum Gasteiger partial charge on any atom is -0.484 e. The molecular weight excluding hydrogens is 474 g/mol. The summed E-state index contributed by atoms with van der Waals surface area (Å²) in [6.45, 7) is 3.51. The van der Waals surface area contributed by atoms with Crippen molar-refractivity contribution in [2.24, 2.45) is 10.7 Å². The molecule has 0 aliphatic carbocycles. The zero-order chi connectivity index (χ0) is 19.6. The highest BCUT2D eigenvalue weighted by Crippen LogP contribution is 2.14. The first-order valence-corrected chi connectivity index (χ1v) is 8.72. The normalized spacial score (nSPS) is 10.8. The van der Waals surface area contributed by atoms with Crippen molar-refractivity contribution in [1.29, 1.82) is 0 Å². The van der Waals surface area contributed by atoms with Crippen LogP contribution in [0, 0.1) is 5.82 Å². The molecule has 2 aromatic rings. The molecule has 6 nitrogen and oxygen atoms in total. The summed E-state index contributed by atoms with van der Waals surface area (Å²) < 4.78 is 18.7. The van der Waals surface area contributed by atoms with Crippen LogP contribution in [0.15, 0.2) is 53.5 Å². The fourth-order valence-corrected chi connectivity index (χ4v) is 2.51. The number of benzene rings is 2. The molecule has 2 rings (SSSR count). The Kier molecular flexibility index (Phi) is 10.3. The van der Waals surface area contributed by atoms with E-state index < -0.39 is 5.91 Å². The van der Waals surface area contributed by atoms with Crippen LogP contribution < -0.4 is 15.8 Å². The molecule has 28 heavy (non-hydrogen) atoms. The first kappa shape index (κ1) is 23.7. The van der Waals surface area contributed by atoms with Gasteiger partial charge in [0.25, 0.3) is 5.91 Å². The molecule has 2 aromatic carbocycles. The van der Waals surface area contributed by atoms with Crippen molar-refractivity contribution in [2.75, 3.05) is 20.2 Å². The maximum absolute atomic E-state index is 13.4. The molecular formula is C20H26FIN4O2. The van der Waals surface area contributed by atoms with Crippen molar-refractivity contribution in [3.8, 4) is 5.75 Å². The second-order valence-corrected chi connectivity index (χ2v) is 6.06. The molecule has 0 aromatic heterocycles. The van der Waals surface area contributed by atoms with E-state index in [-0.39, 0.29) is 36.4 Å². The summed E-state index contributed by atoms with van der Waals surface area (Å²) in [5.74, 6) is 0.507. The summed E-state index contributed by atoms with van der Waals surface area (Å²) in [4.78, 5) is 17.4. The van der Waals surface area contributed by atoms with Gasteiger partial charge in [-0.25, -0.2) is 9.38 Å². The van der Waals surface area contributed by atoms with Crippen molar-refractivity contribution >= 4 is 35.8 Å². The quantitative estimate of drug-likeness (QED) is 0.332. The molecule has 0 bridgehead atoms. The van der Waals surface area contributed by atoms with Gasteiger partial charge in [-0.15, -0.1) is 24.0 Å². The Morgan fingerprint density at radius 1 is 1.21 bits per heavy atom. The first-order chi connectivity index (χ1) is 13.0. The molecule has 152 valence electrons. The number of carbonyl (C=O) groups is 1. The molecule has 0 atom stereocenters. The molecule has 0 saturated heterocycles. The maximum atomic E-state index is 13.4. The van der Waals surface area contributed by atoms with Gasteiger partial charge in [0.05, 0.1) is 6.54 Å². The summed E-state index contributed by atoms with van der Waals surface area (Å²) in [6.07, 6.45) is 0. The van der Waals surface area contributed by atoms with Crippen LogP contribution in [0.25, 0.3) is 0 Å². The van der Waals surface area contributed by atoms with Crippen molar-refractivity contribution in [3.05, 3.63) is 65.5 Å². The third-order valence-corrected chi connectivity index (χ3v) is 3.70. The van der Waals surface area contributed by atoms with Crippen molar-refractivity contribution in [3.63, 3.8) is 0 Å². The number of amides is 1. The van der Waals surface area contributed by atoms with Crippen LogP contribution in [0.5, 0.6) is 5.75 Å². The molecule has 0 saturated carbocycles. The lowest BCUT2D eigenvalue weighted by Crippen LogP contribution is -2.38. The third kappa shape index (κ3) is 8.12. The van der Waals surface area contributed by atoms with Gasteiger partial charge in [-0.3, -0.25) is 4.79 Å². The predicted molar refractivity (Wildman–Crippen MR) is 119 cm³/mol. The minimum atomic E-state index is -0.521. The number of nitrogens with two attached hydrogens (primary N) is 1. The smallest absolute Gasteiger partial charge is 0.255 e. The summed E-state index contributed by atoms with van der Waals surface area (Å²) >= 11 is 0. The SMILES string of the molecule is CCNC(=NCc1cccc(OCC(N)=O)c1)N(C)Cc1cccc(F)c1.I. The standard InChI is InChI=1S/C20H25FN4O2.HI/c1-3-23-20(25(2)13-16-7-4-8-17(21)10-16)24-12-15-6-5-9-18(11-15)27-14-19(22)26;/h4-11H,3,12-14H2,1-2H3,(H2,22,26)(H,23,24);1H. The van der Waals surface area contributed by atoms with Gasteiger partial charge in [0.15, 0.2) is 12.6 Å². The zero-order valence-electron chi connectivity index (χ0n) is 16.0. The van der Waals surface area contributed by atoms with Gasteiger partial charge in [-0.1, -0.05) is 24.3 Å². The summed E-state index contributed by atoms with van der Waals surface area (Å²) in [6, 6.07) is 13.9. The number of halogens is 2. The highest BCUT2D eigenvalue weighted by molar-refractivity contribution is 14.0. The fraction of sp³-hybridized carbons (Fsp3) is 0.300. The molecule has 0 spiro atoms. The fourth-order valence-electron chi connectivity index (χ4n) is 2.51. The number of rotatable bonds is 8. The van der Waals surface area contributed by atoms with Crippen molar-refractivity contribution in [1.82, 2.24) is 10.2 Å². The lowest BCUT2D eigenvalue weighted by atomic mass is 10.2. The van der Waals surface area contributed by atoms with Crippen LogP contribution in [-0.4, -0.2) is 37.0 Å². The van der Waals surface area contributed by atoms with E-state index in [4.69, 9.17) is 10.5 Å². The molecule has 8 heteroatoms. The molecule has 0 aliphatic heterocycles. The van der Waals surface area contributed by atoms with Crippen LogP contribution in [-0.2, 0) is 17.9 Å². The number of hydrogen-bond donors (Lipinski definition) is 2. The average Bonchev–Trinajstić information content (AvgIpc) is 2.63. The summed E-state index contributed by atoms with van der Waals surface area (Å²) in [7, 11) is 1.90. The van der Waals surface area contributed by atoms with Gasteiger partial charge in [0.1, 0.15) is 11.6 Å². The van der Waals surface area contributed by atoms with Crippen LogP contribution in [0.2, 0.25) is 0 Å². The van der Waals surface area contributed by atoms with E-state index in [1.54, 1.807) is 12.1 Å². The molecule has 0 heterocycles. The zero-order valence-corrected chi connectivity index (χ0v) is 18.4. The molecule has 0 fully saturated rings. The van der Waals surface area contributed by atoms with Crippen LogP contribution >= 0.6 is 24.0 Å². The Labute approximate surface area is 182 Å². The molecule has 3 N–H and O–H groups in total. The molecule has 0 unspecified atom stereocenters. The van der Waals surface area contributed by atoms with E-state index in [2.05, 4.69) is 10.3 Å². The Hall–Kier alpha value is -2.36. The minimum absolute atomic E-state index is 0. The van der Waals surface area contributed by atoms with Gasteiger partial charge >= 0.3 is 0 Å². The largest absolute Gasteiger partial charge is 0.484 e. The molecule has 0 radical (unpaired) electrons. The maximum Gasteiger partial charge on any atom is 0.255 e. The van der Waals surface area contributed by atoms with Crippen molar-refractivity contribution in [2.45, 2.75) is 20.0 Å². The second kappa shape index (κ2) is 12.2. The Morgan fingerprint density at radius 3 is 2.61 bits per heavy atom. The highest BCUT2D eigenvalue weighted by Gasteiger charge is 2.07. The predicted octanol–water partition coefficient (Wildman–Crippen LogP) is 2.91. The number of carbonyl (C=O) groups excluding carboxylic acids is 1. The topological polar surface area (TPSA) is 80.0 Å². The highest BCUT2D eigenvalue weighted by atomic mass is 127. The van der Waals surface area contributed by atoms with Gasteiger partial charge in [-0.05, 0) is 42.3 Å². The van der Waals surface area contributed by atoms with E-state index in [1.165, 1.54) is 12.1 Å². The summed E-state index contributed by atoms with van der Waals surface area (Å²) in [5.41, 5.74) is 6.90. The van der Waals surface area contributed by atoms with E-state index in [0.29, 0.717) is 31.3 Å². The first-order valence-electron chi connectivity index (χ1n) is 8.72. The van der Waals surface area contributed by atoms with Crippen LogP contribution in [0.3, 0.4) is 0 Å². The Balaban J connectivity index is 0.00000392. The number of ether oxygens (including phenoxy) is 1. The van der Waals surface area contributed by atoms with Crippen LogP contribution in [0.1, 0.15) is 18.1 Å². The lowest BCUT2D eigenvalue weighted by molar-refractivity contribution is -0.119. The van der Waals surface area contributed by atoms with E-state index in [9.17, 15) is 9.18 Å². The Bertz CT molecular complexity index is 801. The number of primary amides is 1. The molecule has 0 aliphatic rings. The van der Waals surface area contributed by atoms with Crippen molar-refractivity contribution < 1.29 is 13.9 Å². The van der Waals surface area contributed by atoms with E-state index in [1.807, 2.05) is 43.1 Å². The number of aliphatic imine (C=N–C) groups is 1. The Morgan fingerprint density at radius 2 is 1.93 bits per heavy atom. The number of hydrogen-bond acceptors (Lipinski definition) is 3. The van der Waals surface area contributed by atoms with Gasteiger partial charge in [0.2, 0.25) is 0 Å². The van der Waals surface area contributed by atoms with Gasteiger partial charge in [-0.2, -0.15) is 0 Å². The second-order valence-electron chi connectivity index (χ2n) is 6.06. The third-order valence-electron chi connectivity index (χ3n) is 3.70. The lowest BCUT2D eigenvalue weighted by Gasteiger charge is -2.22. The number of nitrogens with zero attached hydrogens (tertiary/aromatic N) is 2. The van der Waals surface area contributed by atoms with E-state index in [0.717, 1.165) is 11.1 Å². The monoisotopic (exact) mass is 500 g/mol.